The molecule has 0 aliphatic heterocycles. The summed E-state index contributed by atoms with van der Waals surface area (Å²) in [6.07, 6.45) is 2.49. The van der Waals surface area contributed by atoms with Crippen LogP contribution in [0.3, 0.4) is 0 Å². The quantitative estimate of drug-likeness (QED) is 0.291. The molecule has 98 valence electrons. The van der Waals surface area contributed by atoms with Crippen LogP contribution < -0.4 is 15.6 Å². The largest absolute Gasteiger partial charge is 0.494 e. The molecule has 0 aliphatic carbocycles. The predicted molar refractivity (Wildman–Crippen MR) is 67.8 cm³/mol. The van der Waals surface area contributed by atoms with Crippen molar-refractivity contribution in [3.8, 4) is 5.75 Å². The second-order valence-electron chi connectivity index (χ2n) is 3.54. The van der Waals surface area contributed by atoms with Crippen molar-refractivity contribution in [3.63, 3.8) is 0 Å². The van der Waals surface area contributed by atoms with Gasteiger partial charge in [-0.15, -0.1) is 0 Å². The van der Waals surface area contributed by atoms with Gasteiger partial charge in [-0.25, -0.2) is 5.48 Å². The Bertz CT molecular complexity index is 390. The van der Waals surface area contributed by atoms with E-state index in [0.29, 0.717) is 13.0 Å². The third-order valence-corrected chi connectivity index (χ3v) is 2.16. The van der Waals surface area contributed by atoms with Gasteiger partial charge < -0.3 is 10.2 Å². The van der Waals surface area contributed by atoms with Gasteiger partial charge in [0.2, 0.25) is 5.91 Å². The van der Waals surface area contributed by atoms with Gasteiger partial charge in [-0.2, -0.15) is 5.10 Å². The highest BCUT2D eigenvalue weighted by atomic mass is 16.5. The number of hydroxylamine groups is 1. The smallest absolute Gasteiger partial charge is 0.243 e. The summed E-state index contributed by atoms with van der Waals surface area (Å²) in [5.41, 5.74) is 5.21. The molecule has 6 nitrogen and oxygen atoms in total. The number of amides is 1. The van der Waals surface area contributed by atoms with E-state index in [-0.39, 0.29) is 6.42 Å². The number of nitrogens with one attached hydrogen (secondary N) is 2. The van der Waals surface area contributed by atoms with E-state index in [1.165, 1.54) is 0 Å². The van der Waals surface area contributed by atoms with Gasteiger partial charge >= 0.3 is 0 Å². The van der Waals surface area contributed by atoms with Crippen LogP contribution in [0, 0.1) is 0 Å². The molecular formula is C12H17N3O3. The number of rotatable bonds is 7. The maximum atomic E-state index is 10.7. The lowest BCUT2D eigenvalue weighted by Crippen LogP contribution is -2.18. The Balaban J connectivity index is 2.31. The second-order valence-corrected chi connectivity index (χ2v) is 3.54. The number of carbonyl (C=O) groups excluding carboxylic acids is 1. The van der Waals surface area contributed by atoms with E-state index in [4.69, 9.17) is 9.94 Å². The van der Waals surface area contributed by atoms with Crippen molar-refractivity contribution in [2.45, 2.75) is 12.8 Å². The van der Waals surface area contributed by atoms with Gasteiger partial charge in [0, 0.05) is 13.5 Å². The van der Waals surface area contributed by atoms with Gasteiger partial charge in [0.25, 0.3) is 0 Å². The molecule has 1 aromatic rings. The van der Waals surface area contributed by atoms with E-state index in [1.54, 1.807) is 18.7 Å². The molecular weight excluding hydrogens is 234 g/mol. The van der Waals surface area contributed by atoms with E-state index >= 15 is 0 Å². The molecule has 0 saturated heterocycles. The zero-order chi connectivity index (χ0) is 13.2. The molecule has 3 N–H and O–H groups in total. The van der Waals surface area contributed by atoms with Crippen molar-refractivity contribution in [3.05, 3.63) is 29.8 Å². The summed E-state index contributed by atoms with van der Waals surface area (Å²) in [6, 6.07) is 7.44. The van der Waals surface area contributed by atoms with E-state index in [0.717, 1.165) is 11.3 Å². The average molecular weight is 251 g/mol. The average Bonchev–Trinajstić information content (AvgIpc) is 2.42. The molecule has 1 aromatic carbocycles. The lowest BCUT2D eigenvalue weighted by molar-refractivity contribution is -0.129. The highest BCUT2D eigenvalue weighted by Crippen LogP contribution is 2.11. The fourth-order valence-corrected chi connectivity index (χ4v) is 1.27. The normalized spacial score (nSPS) is 10.3. The highest BCUT2D eigenvalue weighted by molar-refractivity contribution is 5.79. The monoisotopic (exact) mass is 251 g/mol. The van der Waals surface area contributed by atoms with Gasteiger partial charge in [0.15, 0.2) is 0 Å². The van der Waals surface area contributed by atoms with Crippen LogP contribution in [0.2, 0.25) is 0 Å². The third kappa shape index (κ3) is 5.31. The Kier molecular flexibility index (Phi) is 6.27. The zero-order valence-corrected chi connectivity index (χ0v) is 10.2. The van der Waals surface area contributed by atoms with Gasteiger partial charge in [-0.3, -0.25) is 10.0 Å². The highest BCUT2D eigenvalue weighted by Gasteiger charge is 1.99. The van der Waals surface area contributed by atoms with Crippen LogP contribution in [0.1, 0.15) is 18.4 Å². The standard InChI is InChI=1S/C12H17N3O3/c1-13-14-9-10-4-6-11(7-5-10)18-8-2-3-12(16)15-17/h4-7,9,13,17H,2-3,8H2,1H3,(H,15,16)/b14-9+. The minimum absolute atomic E-state index is 0.239. The van der Waals surface area contributed by atoms with E-state index in [2.05, 4.69) is 10.5 Å². The summed E-state index contributed by atoms with van der Waals surface area (Å²) in [4.78, 5) is 10.7. The maximum absolute atomic E-state index is 10.7. The lowest BCUT2D eigenvalue weighted by Gasteiger charge is -2.05. The van der Waals surface area contributed by atoms with E-state index < -0.39 is 5.91 Å². The number of hydrazone groups is 1. The summed E-state index contributed by atoms with van der Waals surface area (Å²) >= 11 is 0. The first-order chi connectivity index (χ1) is 8.76. The topological polar surface area (TPSA) is 83.0 Å². The molecule has 1 amide bonds. The number of carbonyl (C=O) groups is 1. The Morgan fingerprint density at radius 1 is 1.44 bits per heavy atom. The van der Waals surface area contributed by atoms with Crippen molar-refractivity contribution in [1.29, 1.82) is 0 Å². The summed E-state index contributed by atoms with van der Waals surface area (Å²) in [5.74, 6) is 0.332. The molecule has 1 rings (SSSR count). The Morgan fingerprint density at radius 2 is 2.17 bits per heavy atom. The van der Waals surface area contributed by atoms with Crippen LogP contribution >= 0.6 is 0 Å². The van der Waals surface area contributed by atoms with Crippen LogP contribution in [0.25, 0.3) is 0 Å². The van der Waals surface area contributed by atoms with Gasteiger partial charge in [-0.05, 0) is 36.2 Å². The van der Waals surface area contributed by atoms with E-state index in [9.17, 15) is 4.79 Å². The number of ether oxygens (including phenoxy) is 1. The molecule has 0 bridgehead atoms. The first kappa shape index (κ1) is 14.0. The summed E-state index contributed by atoms with van der Waals surface area (Å²) in [6.45, 7) is 0.428. The van der Waals surface area contributed by atoms with Crippen molar-refractivity contribution in [1.82, 2.24) is 10.9 Å². The number of benzene rings is 1. The lowest BCUT2D eigenvalue weighted by atomic mass is 10.2. The molecule has 0 fully saturated rings. The SMILES string of the molecule is CN/N=C/c1ccc(OCCCC(=O)NO)cc1. The first-order valence-electron chi connectivity index (χ1n) is 5.62. The van der Waals surface area contributed by atoms with Crippen molar-refractivity contribution < 1.29 is 14.7 Å². The summed E-state index contributed by atoms with van der Waals surface area (Å²) in [7, 11) is 1.73. The Morgan fingerprint density at radius 3 is 2.78 bits per heavy atom. The van der Waals surface area contributed by atoms with Crippen LogP contribution in [0.15, 0.2) is 29.4 Å². The van der Waals surface area contributed by atoms with Crippen LogP contribution in [-0.2, 0) is 4.79 Å². The van der Waals surface area contributed by atoms with Crippen LogP contribution in [0.4, 0.5) is 0 Å². The first-order valence-corrected chi connectivity index (χ1v) is 5.62. The summed E-state index contributed by atoms with van der Waals surface area (Å²) < 4.78 is 5.44. The maximum Gasteiger partial charge on any atom is 0.243 e. The van der Waals surface area contributed by atoms with Crippen molar-refractivity contribution in [2.24, 2.45) is 5.10 Å². The molecule has 6 heteroatoms. The molecule has 0 aliphatic rings. The van der Waals surface area contributed by atoms with Gasteiger partial charge in [0.05, 0.1) is 12.8 Å². The van der Waals surface area contributed by atoms with Crippen LogP contribution in [0.5, 0.6) is 5.75 Å². The molecule has 0 heterocycles. The number of hydrogen-bond acceptors (Lipinski definition) is 5. The van der Waals surface area contributed by atoms with Gasteiger partial charge in [-0.1, -0.05) is 0 Å². The van der Waals surface area contributed by atoms with Crippen molar-refractivity contribution >= 4 is 12.1 Å². The molecule has 0 atom stereocenters. The van der Waals surface area contributed by atoms with E-state index in [1.807, 2.05) is 24.3 Å². The zero-order valence-electron chi connectivity index (χ0n) is 10.2. The summed E-state index contributed by atoms with van der Waals surface area (Å²) in [5, 5.41) is 12.2. The van der Waals surface area contributed by atoms with Gasteiger partial charge in [0.1, 0.15) is 5.75 Å². The van der Waals surface area contributed by atoms with Crippen LogP contribution in [-0.4, -0.2) is 31.0 Å². The number of nitrogens with zero attached hydrogens (tertiary/aromatic N) is 1. The molecule has 18 heavy (non-hydrogen) atoms. The molecule has 0 aromatic heterocycles. The minimum Gasteiger partial charge on any atom is -0.494 e. The van der Waals surface area contributed by atoms with Crippen molar-refractivity contribution in [2.75, 3.05) is 13.7 Å². The predicted octanol–water partition coefficient (Wildman–Crippen LogP) is 0.904. The number of hydrogen-bond donors (Lipinski definition) is 3. The fourth-order valence-electron chi connectivity index (χ4n) is 1.27. The molecule has 0 unspecified atom stereocenters. The Hall–Kier alpha value is -2.08. The fraction of sp³-hybridized carbons (Fsp3) is 0.333. The third-order valence-electron chi connectivity index (χ3n) is 2.16. The molecule has 0 spiro atoms. The molecule has 0 radical (unpaired) electrons. The minimum atomic E-state index is -0.405. The molecule has 0 saturated carbocycles. The second kappa shape index (κ2) is 8.08. The Labute approximate surface area is 106 Å².